The number of carboxylic acids is 1. The van der Waals surface area contributed by atoms with Crippen molar-refractivity contribution < 1.29 is 24.0 Å². The molecule has 0 radical (unpaired) electrons. The van der Waals surface area contributed by atoms with Crippen LogP contribution in [-0.4, -0.2) is 26.2 Å². The molecule has 0 fully saturated rings. The lowest BCUT2D eigenvalue weighted by atomic mass is 10.2. The molecule has 0 amide bonds. The standard InChI is InChI=1S/C12H11N3O6/c1-2-10-13-14-11(21-10)6-20-9-4-3-7(12(16)17)5-8(9)15(18)19/h3-5H,2,6H2,1H3,(H,16,17). The van der Waals surface area contributed by atoms with E-state index in [9.17, 15) is 14.9 Å². The average Bonchev–Trinajstić information content (AvgIpc) is 2.92. The number of carboxylic acid groups (broad SMARTS) is 1. The van der Waals surface area contributed by atoms with Crippen molar-refractivity contribution in [3.05, 3.63) is 45.7 Å². The van der Waals surface area contributed by atoms with Gasteiger partial charge in [0.15, 0.2) is 12.4 Å². The molecule has 9 heteroatoms. The van der Waals surface area contributed by atoms with Crippen molar-refractivity contribution in [1.82, 2.24) is 10.2 Å². The Morgan fingerprint density at radius 3 is 2.71 bits per heavy atom. The molecular formula is C12H11N3O6. The molecule has 0 saturated heterocycles. The van der Waals surface area contributed by atoms with Crippen LogP contribution in [0.1, 0.15) is 29.1 Å². The normalized spacial score (nSPS) is 10.3. The summed E-state index contributed by atoms with van der Waals surface area (Å²) in [5.74, 6) is -0.705. The van der Waals surface area contributed by atoms with Gasteiger partial charge in [-0.3, -0.25) is 10.1 Å². The maximum absolute atomic E-state index is 10.9. The summed E-state index contributed by atoms with van der Waals surface area (Å²) < 4.78 is 10.5. The summed E-state index contributed by atoms with van der Waals surface area (Å²) in [6, 6.07) is 3.37. The summed E-state index contributed by atoms with van der Waals surface area (Å²) in [4.78, 5) is 21.0. The molecular weight excluding hydrogens is 282 g/mol. The summed E-state index contributed by atoms with van der Waals surface area (Å²) in [6.45, 7) is 1.70. The SMILES string of the molecule is CCc1nnc(COc2ccc(C(=O)O)cc2[N+](=O)[O-])o1. The lowest BCUT2D eigenvalue weighted by Gasteiger charge is -2.05. The van der Waals surface area contributed by atoms with Gasteiger partial charge in [0.25, 0.3) is 5.89 Å². The van der Waals surface area contributed by atoms with Crippen LogP contribution in [-0.2, 0) is 13.0 Å². The van der Waals surface area contributed by atoms with Crippen LogP contribution in [0.25, 0.3) is 0 Å². The minimum atomic E-state index is -1.26. The number of hydrogen-bond acceptors (Lipinski definition) is 7. The predicted octanol–water partition coefficient (Wildman–Crippen LogP) is 1.82. The van der Waals surface area contributed by atoms with E-state index in [1.165, 1.54) is 12.1 Å². The third-order valence-corrected chi connectivity index (χ3v) is 2.56. The largest absolute Gasteiger partial charge is 0.478 e. The Morgan fingerprint density at radius 1 is 1.43 bits per heavy atom. The second-order valence-electron chi connectivity index (χ2n) is 3.98. The molecule has 0 aliphatic carbocycles. The highest BCUT2D eigenvalue weighted by Crippen LogP contribution is 2.28. The molecule has 9 nitrogen and oxygen atoms in total. The van der Waals surface area contributed by atoms with Crippen molar-refractivity contribution >= 4 is 11.7 Å². The van der Waals surface area contributed by atoms with Crippen LogP contribution in [0.15, 0.2) is 22.6 Å². The zero-order valence-corrected chi connectivity index (χ0v) is 11.0. The van der Waals surface area contributed by atoms with Gasteiger partial charge in [-0.15, -0.1) is 10.2 Å². The fourth-order valence-electron chi connectivity index (χ4n) is 1.54. The maximum Gasteiger partial charge on any atom is 0.335 e. The molecule has 0 atom stereocenters. The van der Waals surface area contributed by atoms with Gasteiger partial charge in [0, 0.05) is 12.5 Å². The molecule has 1 aromatic heterocycles. The first-order chi connectivity index (χ1) is 10.0. The van der Waals surface area contributed by atoms with Crippen molar-refractivity contribution in [1.29, 1.82) is 0 Å². The van der Waals surface area contributed by atoms with Gasteiger partial charge in [0.2, 0.25) is 5.89 Å². The Labute approximate surface area is 118 Å². The molecule has 0 bridgehead atoms. The molecule has 1 heterocycles. The number of nitrogens with zero attached hydrogens (tertiary/aromatic N) is 3. The highest BCUT2D eigenvalue weighted by Gasteiger charge is 2.19. The van der Waals surface area contributed by atoms with Crippen LogP contribution in [0.4, 0.5) is 5.69 Å². The number of hydrogen-bond donors (Lipinski definition) is 1. The maximum atomic E-state index is 10.9. The van der Waals surface area contributed by atoms with Gasteiger partial charge in [0.05, 0.1) is 10.5 Å². The number of carbonyl (C=O) groups is 1. The molecule has 0 aliphatic rings. The van der Waals surface area contributed by atoms with Crippen molar-refractivity contribution in [3.8, 4) is 5.75 Å². The molecule has 21 heavy (non-hydrogen) atoms. The number of aromatic nitrogens is 2. The number of aromatic carboxylic acids is 1. The molecule has 2 aromatic rings. The minimum absolute atomic E-state index is 0.0683. The Morgan fingerprint density at radius 2 is 2.14 bits per heavy atom. The number of rotatable bonds is 6. The first-order valence-corrected chi connectivity index (χ1v) is 5.97. The zero-order chi connectivity index (χ0) is 15.4. The lowest BCUT2D eigenvalue weighted by molar-refractivity contribution is -0.386. The Bertz CT molecular complexity index is 681. The van der Waals surface area contributed by atoms with E-state index in [1.54, 1.807) is 0 Å². The van der Waals surface area contributed by atoms with Crippen molar-refractivity contribution in [3.63, 3.8) is 0 Å². The Balaban J connectivity index is 2.19. The van der Waals surface area contributed by atoms with E-state index >= 15 is 0 Å². The first-order valence-electron chi connectivity index (χ1n) is 5.97. The predicted molar refractivity (Wildman–Crippen MR) is 68.1 cm³/mol. The van der Waals surface area contributed by atoms with Crippen LogP contribution in [0.3, 0.4) is 0 Å². The van der Waals surface area contributed by atoms with E-state index < -0.39 is 16.6 Å². The highest BCUT2D eigenvalue weighted by molar-refractivity contribution is 5.88. The van der Waals surface area contributed by atoms with Gasteiger partial charge in [-0.25, -0.2) is 4.79 Å². The summed E-state index contributed by atoms with van der Waals surface area (Å²) in [5.41, 5.74) is -0.634. The second-order valence-corrected chi connectivity index (χ2v) is 3.98. The third kappa shape index (κ3) is 3.32. The van der Waals surface area contributed by atoms with Gasteiger partial charge in [-0.2, -0.15) is 0 Å². The Kier molecular flexibility index (Phi) is 4.12. The third-order valence-electron chi connectivity index (χ3n) is 2.56. The monoisotopic (exact) mass is 293 g/mol. The van der Waals surface area contributed by atoms with Crippen LogP contribution < -0.4 is 4.74 Å². The summed E-state index contributed by atoms with van der Waals surface area (Å²) in [5, 5.41) is 27.2. The molecule has 0 saturated carbocycles. The molecule has 2 rings (SSSR count). The van der Waals surface area contributed by atoms with Crippen molar-refractivity contribution in [2.24, 2.45) is 0 Å². The fourth-order valence-corrected chi connectivity index (χ4v) is 1.54. The fraction of sp³-hybridized carbons (Fsp3) is 0.250. The van der Waals surface area contributed by atoms with E-state index in [0.717, 1.165) is 6.07 Å². The average molecular weight is 293 g/mol. The molecule has 0 spiro atoms. The van der Waals surface area contributed by atoms with Gasteiger partial charge < -0.3 is 14.3 Å². The summed E-state index contributed by atoms with van der Waals surface area (Å²) >= 11 is 0. The van der Waals surface area contributed by atoms with Crippen LogP contribution in [0.5, 0.6) is 5.75 Å². The van der Waals surface area contributed by atoms with E-state index in [4.69, 9.17) is 14.3 Å². The molecule has 0 aliphatic heterocycles. The number of nitro groups is 1. The topological polar surface area (TPSA) is 129 Å². The van der Waals surface area contributed by atoms with E-state index in [2.05, 4.69) is 10.2 Å². The van der Waals surface area contributed by atoms with Crippen molar-refractivity contribution in [2.75, 3.05) is 0 Å². The smallest absolute Gasteiger partial charge is 0.335 e. The summed E-state index contributed by atoms with van der Waals surface area (Å²) in [7, 11) is 0. The highest BCUT2D eigenvalue weighted by atomic mass is 16.6. The number of aryl methyl sites for hydroxylation is 1. The van der Waals surface area contributed by atoms with Gasteiger partial charge in [-0.1, -0.05) is 6.92 Å². The minimum Gasteiger partial charge on any atom is -0.478 e. The van der Waals surface area contributed by atoms with Gasteiger partial charge >= 0.3 is 11.7 Å². The lowest BCUT2D eigenvalue weighted by Crippen LogP contribution is -2.02. The van der Waals surface area contributed by atoms with E-state index in [-0.39, 0.29) is 23.8 Å². The van der Waals surface area contributed by atoms with Gasteiger partial charge in [-0.05, 0) is 12.1 Å². The van der Waals surface area contributed by atoms with Crippen LogP contribution in [0.2, 0.25) is 0 Å². The molecule has 110 valence electrons. The zero-order valence-electron chi connectivity index (χ0n) is 11.0. The second kappa shape index (κ2) is 5.99. The first kappa shape index (κ1) is 14.4. The molecule has 1 aromatic carbocycles. The van der Waals surface area contributed by atoms with E-state index in [0.29, 0.717) is 12.3 Å². The number of ether oxygens (including phenoxy) is 1. The molecule has 0 unspecified atom stereocenters. The number of benzene rings is 1. The summed E-state index contributed by atoms with van der Waals surface area (Å²) in [6.07, 6.45) is 0.570. The van der Waals surface area contributed by atoms with Crippen molar-refractivity contribution in [2.45, 2.75) is 20.0 Å². The Hall–Kier alpha value is -2.97. The van der Waals surface area contributed by atoms with Crippen LogP contribution >= 0.6 is 0 Å². The van der Waals surface area contributed by atoms with E-state index in [1.807, 2.05) is 6.92 Å². The number of nitro benzene ring substituents is 1. The quantitative estimate of drug-likeness (QED) is 0.630. The molecule has 1 N–H and O–H groups in total. The van der Waals surface area contributed by atoms with Crippen LogP contribution in [0, 0.1) is 10.1 Å². The van der Waals surface area contributed by atoms with Gasteiger partial charge in [0.1, 0.15) is 0 Å².